The molecule has 0 radical (unpaired) electrons. The predicted octanol–water partition coefficient (Wildman–Crippen LogP) is 3.65. The maximum Gasteiger partial charge on any atom is 0.422 e. The van der Waals surface area contributed by atoms with Gasteiger partial charge in [0.1, 0.15) is 0 Å². The van der Waals surface area contributed by atoms with Crippen LogP contribution in [-0.4, -0.2) is 28.7 Å². The highest BCUT2D eigenvalue weighted by Crippen LogP contribution is 2.30. The Morgan fingerprint density at radius 1 is 1.00 bits per heavy atom. The molecule has 0 aromatic heterocycles. The molecule has 0 spiro atoms. The second-order valence-corrected chi connectivity index (χ2v) is 5.35. The van der Waals surface area contributed by atoms with Gasteiger partial charge in [0.15, 0.2) is 0 Å². The Bertz CT molecular complexity index is 345. The fourth-order valence-corrected chi connectivity index (χ4v) is 1.83. The van der Waals surface area contributed by atoms with Crippen molar-refractivity contribution in [1.29, 1.82) is 0 Å². The van der Waals surface area contributed by atoms with Crippen molar-refractivity contribution in [3.8, 4) is 0 Å². The summed E-state index contributed by atoms with van der Waals surface area (Å²) >= 11 is 0. The number of halogens is 3. The van der Waals surface area contributed by atoms with Crippen LogP contribution in [0.3, 0.4) is 0 Å². The minimum Gasteiger partial charge on any atom is -0.479 e. The average Bonchev–Trinajstić information content (AvgIpc) is 2.36. The molecule has 124 valence electrons. The molecule has 2 N–H and O–H groups in total. The summed E-state index contributed by atoms with van der Waals surface area (Å²) in [5.74, 6) is -2.99. The van der Waals surface area contributed by atoms with Crippen molar-refractivity contribution >= 4 is 11.9 Å². The van der Waals surface area contributed by atoms with Crippen LogP contribution in [0.4, 0.5) is 13.2 Å². The van der Waals surface area contributed by atoms with Gasteiger partial charge < -0.3 is 10.4 Å². The third-order valence-electron chi connectivity index (χ3n) is 3.39. The first-order chi connectivity index (χ1) is 9.65. The summed E-state index contributed by atoms with van der Waals surface area (Å²) in [6, 6.07) is 0. The van der Waals surface area contributed by atoms with E-state index in [0.717, 1.165) is 38.5 Å². The SMILES string of the molecule is CCCCCCCCCC(=O)NC(C)(C(=O)O)C(F)(F)F. The Labute approximate surface area is 123 Å². The first-order valence-electron chi connectivity index (χ1n) is 7.26. The first kappa shape index (κ1) is 19.7. The molecule has 0 fully saturated rings. The molecule has 1 unspecified atom stereocenters. The topological polar surface area (TPSA) is 66.4 Å². The zero-order chi connectivity index (χ0) is 16.5. The number of carboxylic acids is 1. The van der Waals surface area contributed by atoms with E-state index in [0.29, 0.717) is 13.3 Å². The molecule has 21 heavy (non-hydrogen) atoms. The van der Waals surface area contributed by atoms with E-state index in [9.17, 15) is 22.8 Å². The largest absolute Gasteiger partial charge is 0.479 e. The van der Waals surface area contributed by atoms with Crippen LogP contribution in [0.1, 0.15) is 65.2 Å². The fraction of sp³-hybridized carbons (Fsp3) is 0.857. The van der Waals surface area contributed by atoms with E-state index < -0.39 is 23.6 Å². The van der Waals surface area contributed by atoms with Gasteiger partial charge >= 0.3 is 12.1 Å². The molecule has 0 aliphatic carbocycles. The summed E-state index contributed by atoms with van der Waals surface area (Å²) in [5, 5.41) is 10.3. The molecule has 0 bridgehead atoms. The number of alkyl halides is 3. The Balaban J connectivity index is 4.10. The van der Waals surface area contributed by atoms with E-state index in [1.54, 1.807) is 5.32 Å². The molecule has 0 aromatic rings. The van der Waals surface area contributed by atoms with Gasteiger partial charge in [-0.2, -0.15) is 13.2 Å². The number of carbonyl (C=O) groups is 2. The van der Waals surface area contributed by atoms with Crippen molar-refractivity contribution < 1.29 is 27.9 Å². The smallest absolute Gasteiger partial charge is 0.422 e. The number of hydrogen-bond acceptors (Lipinski definition) is 2. The highest BCUT2D eigenvalue weighted by Gasteiger charge is 2.58. The minimum atomic E-state index is -5.03. The zero-order valence-corrected chi connectivity index (χ0v) is 12.6. The molecule has 7 heteroatoms. The lowest BCUT2D eigenvalue weighted by molar-refractivity contribution is -0.207. The van der Waals surface area contributed by atoms with Crippen molar-refractivity contribution in [2.45, 2.75) is 76.9 Å². The van der Waals surface area contributed by atoms with Crippen LogP contribution in [0.2, 0.25) is 0 Å². The van der Waals surface area contributed by atoms with E-state index in [-0.39, 0.29) is 6.42 Å². The summed E-state index contributed by atoms with van der Waals surface area (Å²) < 4.78 is 38.0. The Kier molecular flexibility index (Phi) is 8.36. The number of hydrogen-bond donors (Lipinski definition) is 2. The van der Waals surface area contributed by atoms with E-state index in [1.807, 2.05) is 0 Å². The standard InChI is InChI=1S/C14H24F3NO3/c1-3-4-5-6-7-8-9-10-11(19)18-13(2,12(20)21)14(15,16)17/h3-10H2,1-2H3,(H,18,19)(H,20,21). The maximum absolute atomic E-state index is 12.7. The van der Waals surface area contributed by atoms with Crippen LogP contribution in [0.25, 0.3) is 0 Å². The third kappa shape index (κ3) is 6.82. The van der Waals surface area contributed by atoms with Gasteiger partial charge in [0.05, 0.1) is 0 Å². The Morgan fingerprint density at radius 3 is 1.90 bits per heavy atom. The molecular formula is C14H24F3NO3. The van der Waals surface area contributed by atoms with E-state index in [2.05, 4.69) is 6.92 Å². The molecule has 1 amide bonds. The van der Waals surface area contributed by atoms with Crippen LogP contribution in [0.15, 0.2) is 0 Å². The van der Waals surface area contributed by atoms with Crippen LogP contribution >= 0.6 is 0 Å². The van der Waals surface area contributed by atoms with Gasteiger partial charge in [-0.1, -0.05) is 45.4 Å². The lowest BCUT2D eigenvalue weighted by Crippen LogP contribution is -2.61. The highest BCUT2D eigenvalue weighted by molar-refractivity contribution is 5.87. The fourth-order valence-electron chi connectivity index (χ4n) is 1.83. The van der Waals surface area contributed by atoms with Gasteiger partial charge in [-0.15, -0.1) is 0 Å². The van der Waals surface area contributed by atoms with Crippen molar-refractivity contribution in [1.82, 2.24) is 5.32 Å². The molecule has 1 atom stereocenters. The summed E-state index contributed by atoms with van der Waals surface area (Å²) in [4.78, 5) is 22.2. The van der Waals surface area contributed by atoms with Gasteiger partial charge in [0, 0.05) is 6.42 Å². The molecule has 0 heterocycles. The summed E-state index contributed by atoms with van der Waals surface area (Å²) in [7, 11) is 0. The van der Waals surface area contributed by atoms with Gasteiger partial charge in [0.2, 0.25) is 11.4 Å². The van der Waals surface area contributed by atoms with Crippen LogP contribution in [0, 0.1) is 0 Å². The molecule has 0 aromatic carbocycles. The second-order valence-electron chi connectivity index (χ2n) is 5.35. The van der Waals surface area contributed by atoms with Crippen molar-refractivity contribution in [2.24, 2.45) is 0 Å². The monoisotopic (exact) mass is 311 g/mol. The maximum atomic E-state index is 12.7. The average molecular weight is 311 g/mol. The lowest BCUT2D eigenvalue weighted by Gasteiger charge is -2.28. The number of carboxylic acid groups (broad SMARTS) is 1. The zero-order valence-electron chi connectivity index (χ0n) is 12.6. The number of nitrogens with one attached hydrogen (secondary N) is 1. The molecule has 0 aliphatic heterocycles. The first-order valence-corrected chi connectivity index (χ1v) is 7.26. The molecule has 0 saturated carbocycles. The summed E-state index contributed by atoms with van der Waals surface area (Å²) in [6.07, 6.45) is 1.48. The highest BCUT2D eigenvalue weighted by atomic mass is 19.4. The number of rotatable bonds is 10. The quantitative estimate of drug-likeness (QED) is 0.605. The molecule has 0 rings (SSSR count). The van der Waals surface area contributed by atoms with E-state index >= 15 is 0 Å². The van der Waals surface area contributed by atoms with E-state index in [1.165, 1.54) is 0 Å². The predicted molar refractivity (Wildman–Crippen MR) is 72.8 cm³/mol. The lowest BCUT2D eigenvalue weighted by atomic mass is 10.0. The number of aliphatic carboxylic acids is 1. The molecule has 0 aliphatic rings. The minimum absolute atomic E-state index is 0.0905. The molecule has 0 saturated heterocycles. The van der Waals surface area contributed by atoms with Crippen molar-refractivity contribution in [2.75, 3.05) is 0 Å². The Morgan fingerprint density at radius 2 is 1.48 bits per heavy atom. The number of unbranched alkanes of at least 4 members (excludes halogenated alkanes) is 6. The van der Waals surface area contributed by atoms with Gasteiger partial charge in [0.25, 0.3) is 0 Å². The summed E-state index contributed by atoms with van der Waals surface area (Å²) in [5.41, 5.74) is -3.23. The number of carbonyl (C=O) groups excluding carboxylic acids is 1. The normalized spacial score (nSPS) is 14.5. The van der Waals surface area contributed by atoms with Gasteiger partial charge in [-0.3, -0.25) is 4.79 Å². The second kappa shape index (κ2) is 8.89. The van der Waals surface area contributed by atoms with Crippen molar-refractivity contribution in [3.05, 3.63) is 0 Å². The summed E-state index contributed by atoms with van der Waals surface area (Å²) in [6.45, 7) is 2.56. The number of amides is 1. The third-order valence-corrected chi connectivity index (χ3v) is 3.39. The van der Waals surface area contributed by atoms with Gasteiger partial charge in [-0.25, -0.2) is 4.79 Å². The van der Waals surface area contributed by atoms with E-state index in [4.69, 9.17) is 5.11 Å². The molecule has 4 nitrogen and oxygen atoms in total. The Hall–Kier alpha value is -1.27. The van der Waals surface area contributed by atoms with Crippen LogP contribution in [0.5, 0.6) is 0 Å². The van der Waals surface area contributed by atoms with Gasteiger partial charge in [-0.05, 0) is 13.3 Å². The molecular weight excluding hydrogens is 287 g/mol. The van der Waals surface area contributed by atoms with Crippen LogP contribution in [-0.2, 0) is 9.59 Å². The van der Waals surface area contributed by atoms with Crippen molar-refractivity contribution in [3.63, 3.8) is 0 Å². The van der Waals surface area contributed by atoms with Crippen LogP contribution < -0.4 is 5.32 Å².